The lowest BCUT2D eigenvalue weighted by Gasteiger charge is -1.91. The van der Waals surface area contributed by atoms with Crippen molar-refractivity contribution in [3.05, 3.63) is 43.4 Å². The monoisotopic (exact) mass is 219 g/mol. The number of allylic oxidation sites excluding steroid dienone is 6. The van der Waals surface area contributed by atoms with Gasteiger partial charge >= 0.3 is 0 Å². The molecule has 0 aromatic rings. The molecule has 0 unspecified atom stereocenters. The van der Waals surface area contributed by atoms with E-state index in [1.165, 1.54) is 32.1 Å². The maximum atomic E-state index is 3.79. The van der Waals surface area contributed by atoms with Crippen LogP contribution < -0.4 is 0 Å². The fraction of sp³-hybridized carbons (Fsp3) is 0.562. The lowest BCUT2D eigenvalue weighted by Crippen LogP contribution is -1.71. The Bertz CT molecular complexity index is 196. The zero-order chi connectivity index (χ0) is 11.9. The second-order valence-electron chi connectivity index (χ2n) is 4.04. The van der Waals surface area contributed by atoms with Gasteiger partial charge in [-0.15, -0.1) is 0 Å². The van der Waals surface area contributed by atoms with Gasteiger partial charge in [-0.25, -0.2) is 0 Å². The van der Waals surface area contributed by atoms with Crippen molar-refractivity contribution in [2.75, 3.05) is 0 Å². The summed E-state index contributed by atoms with van der Waals surface area (Å²) in [6.45, 7) is 6.04. The average Bonchev–Trinajstić information content (AvgIpc) is 2.31. The van der Waals surface area contributed by atoms with E-state index in [0.29, 0.717) is 0 Å². The molecule has 0 aliphatic rings. The minimum absolute atomic E-state index is 0.991. The number of hydrogen-bond acceptors (Lipinski definition) is 0. The van der Waals surface area contributed by atoms with Crippen molar-refractivity contribution in [1.29, 1.82) is 0 Å². The summed E-state index contributed by atoms with van der Waals surface area (Å²) in [6, 6.07) is 0. The van der Waals surface area contributed by atoms with Crippen molar-refractivity contribution in [2.45, 2.75) is 58.3 Å². The highest BCUT2D eigenvalue weighted by Gasteiger charge is 1.81. The molecule has 91 valence electrons. The van der Waals surface area contributed by atoms with Crippen LogP contribution in [0.25, 0.3) is 0 Å². The quantitative estimate of drug-likeness (QED) is 0.254. The maximum absolute atomic E-state index is 3.79. The summed E-state index contributed by atoms with van der Waals surface area (Å²) >= 11 is 0. The van der Waals surface area contributed by atoms with Crippen LogP contribution in [-0.4, -0.2) is 0 Å². The molecule has 0 fully saturated rings. The van der Waals surface area contributed by atoms with Crippen LogP contribution in [0.5, 0.6) is 0 Å². The average molecular weight is 219 g/mol. The SMILES string of the molecule is [CH2]CCC=CC=CCC/C=C\CCCCC. The molecule has 0 heterocycles. The molecule has 0 nitrogen and oxygen atoms in total. The zero-order valence-corrected chi connectivity index (χ0v) is 10.8. The summed E-state index contributed by atoms with van der Waals surface area (Å²) < 4.78 is 0. The summed E-state index contributed by atoms with van der Waals surface area (Å²) in [5.74, 6) is 0. The second-order valence-corrected chi connectivity index (χ2v) is 4.04. The Labute approximate surface area is 102 Å². The van der Waals surface area contributed by atoms with Crippen LogP contribution in [0.1, 0.15) is 58.3 Å². The van der Waals surface area contributed by atoms with E-state index in [4.69, 9.17) is 0 Å². The molecule has 0 bridgehead atoms. The van der Waals surface area contributed by atoms with Gasteiger partial charge in [0.15, 0.2) is 0 Å². The van der Waals surface area contributed by atoms with Crippen molar-refractivity contribution >= 4 is 0 Å². The topological polar surface area (TPSA) is 0 Å². The Morgan fingerprint density at radius 3 is 2.06 bits per heavy atom. The number of rotatable bonds is 10. The molecule has 0 spiro atoms. The molecule has 0 aromatic carbocycles. The Hall–Kier alpha value is -0.780. The smallest absolute Gasteiger partial charge is 0.0313 e. The van der Waals surface area contributed by atoms with E-state index in [1.54, 1.807) is 0 Å². The van der Waals surface area contributed by atoms with Gasteiger partial charge in [-0.2, -0.15) is 0 Å². The van der Waals surface area contributed by atoms with E-state index in [9.17, 15) is 0 Å². The zero-order valence-electron chi connectivity index (χ0n) is 10.8. The highest BCUT2D eigenvalue weighted by Crippen LogP contribution is 2.01. The van der Waals surface area contributed by atoms with Gasteiger partial charge in [0.2, 0.25) is 0 Å². The second kappa shape index (κ2) is 14.2. The molecule has 0 heteroatoms. The predicted molar refractivity (Wildman–Crippen MR) is 75.4 cm³/mol. The molecule has 0 saturated heterocycles. The molecule has 0 aromatic heterocycles. The van der Waals surface area contributed by atoms with E-state index in [0.717, 1.165) is 19.3 Å². The predicted octanol–water partition coefficient (Wildman–Crippen LogP) is 5.63. The molecular formula is C16H27. The fourth-order valence-corrected chi connectivity index (χ4v) is 1.41. The van der Waals surface area contributed by atoms with Gasteiger partial charge in [0.05, 0.1) is 0 Å². The van der Waals surface area contributed by atoms with Gasteiger partial charge in [-0.05, 0) is 38.5 Å². The largest absolute Gasteiger partial charge is 0.0885 e. The van der Waals surface area contributed by atoms with Gasteiger partial charge in [-0.1, -0.05) is 63.1 Å². The van der Waals surface area contributed by atoms with Crippen LogP contribution in [0, 0.1) is 6.92 Å². The third kappa shape index (κ3) is 13.2. The van der Waals surface area contributed by atoms with Crippen molar-refractivity contribution in [2.24, 2.45) is 0 Å². The van der Waals surface area contributed by atoms with Gasteiger partial charge < -0.3 is 0 Å². The van der Waals surface area contributed by atoms with Crippen molar-refractivity contribution in [3.63, 3.8) is 0 Å². The van der Waals surface area contributed by atoms with Gasteiger partial charge in [0, 0.05) is 0 Å². The molecule has 0 saturated carbocycles. The van der Waals surface area contributed by atoms with Gasteiger partial charge in [0.25, 0.3) is 0 Å². The normalized spacial score (nSPS) is 12.4. The molecular weight excluding hydrogens is 192 g/mol. The fourth-order valence-electron chi connectivity index (χ4n) is 1.41. The summed E-state index contributed by atoms with van der Waals surface area (Å²) in [6.07, 6.45) is 23.0. The van der Waals surface area contributed by atoms with Crippen LogP contribution >= 0.6 is 0 Å². The first kappa shape index (κ1) is 15.2. The molecule has 0 rings (SSSR count). The molecule has 0 amide bonds. The first-order valence-corrected chi connectivity index (χ1v) is 6.67. The van der Waals surface area contributed by atoms with E-state index < -0.39 is 0 Å². The van der Waals surface area contributed by atoms with Crippen molar-refractivity contribution in [3.8, 4) is 0 Å². The van der Waals surface area contributed by atoms with E-state index in [1.807, 2.05) is 0 Å². The minimum atomic E-state index is 0.991. The minimum Gasteiger partial charge on any atom is -0.0885 e. The summed E-state index contributed by atoms with van der Waals surface area (Å²) in [4.78, 5) is 0. The molecule has 0 aliphatic carbocycles. The Morgan fingerprint density at radius 2 is 1.38 bits per heavy atom. The highest BCUT2D eigenvalue weighted by molar-refractivity contribution is 5.02. The summed E-state index contributed by atoms with van der Waals surface area (Å²) in [7, 11) is 0. The molecule has 0 N–H and O–H groups in total. The molecule has 1 radical (unpaired) electrons. The standard InChI is InChI=1S/C16H27/c1-3-5-7-9-11-13-15-16-14-12-10-8-6-4-2/h7,9,11-14H,1,3-6,8,10,15-16H2,2H3/b9-7?,13-11?,14-12-. The molecule has 0 atom stereocenters. The Morgan fingerprint density at radius 1 is 0.750 bits per heavy atom. The Kier molecular flexibility index (Phi) is 13.5. The van der Waals surface area contributed by atoms with Crippen LogP contribution in [0.4, 0.5) is 0 Å². The van der Waals surface area contributed by atoms with Crippen LogP contribution in [-0.2, 0) is 0 Å². The van der Waals surface area contributed by atoms with Gasteiger partial charge in [0.1, 0.15) is 0 Å². The van der Waals surface area contributed by atoms with E-state index in [-0.39, 0.29) is 0 Å². The van der Waals surface area contributed by atoms with E-state index >= 15 is 0 Å². The maximum Gasteiger partial charge on any atom is -0.0313 e. The van der Waals surface area contributed by atoms with Gasteiger partial charge in [-0.3, -0.25) is 0 Å². The van der Waals surface area contributed by atoms with Crippen LogP contribution in [0.2, 0.25) is 0 Å². The number of hydrogen-bond donors (Lipinski definition) is 0. The lowest BCUT2D eigenvalue weighted by molar-refractivity contribution is 0.728. The summed E-state index contributed by atoms with van der Waals surface area (Å²) in [5.41, 5.74) is 0. The third-order valence-electron chi connectivity index (χ3n) is 2.40. The third-order valence-corrected chi connectivity index (χ3v) is 2.40. The van der Waals surface area contributed by atoms with Crippen molar-refractivity contribution in [1.82, 2.24) is 0 Å². The summed E-state index contributed by atoms with van der Waals surface area (Å²) in [5, 5.41) is 0. The van der Waals surface area contributed by atoms with Crippen LogP contribution in [0.3, 0.4) is 0 Å². The first-order valence-electron chi connectivity index (χ1n) is 6.67. The number of unbranched alkanes of at least 4 members (excludes halogenated alkanes) is 5. The van der Waals surface area contributed by atoms with Crippen molar-refractivity contribution < 1.29 is 0 Å². The van der Waals surface area contributed by atoms with E-state index in [2.05, 4.69) is 50.3 Å². The molecule has 16 heavy (non-hydrogen) atoms. The van der Waals surface area contributed by atoms with Crippen LogP contribution in [0.15, 0.2) is 36.5 Å². The molecule has 0 aliphatic heterocycles. The Balaban J connectivity index is 3.25. The first-order chi connectivity index (χ1) is 7.91. The lowest BCUT2D eigenvalue weighted by atomic mass is 10.2. The highest BCUT2D eigenvalue weighted by atomic mass is 13.9.